The van der Waals surface area contributed by atoms with E-state index in [1.807, 2.05) is 4.90 Å². The Labute approximate surface area is 172 Å². The zero-order chi connectivity index (χ0) is 21.1. The minimum absolute atomic E-state index is 0.122. The van der Waals surface area contributed by atoms with Crippen LogP contribution in [0.1, 0.15) is 44.1 Å². The summed E-state index contributed by atoms with van der Waals surface area (Å²) in [4.78, 5) is 21.6. The molecule has 4 aliphatic rings. The fraction of sp³-hybridized carbons (Fsp3) is 0.591. The van der Waals surface area contributed by atoms with Gasteiger partial charge in [-0.2, -0.15) is 13.2 Å². The van der Waals surface area contributed by atoms with Gasteiger partial charge in [0.1, 0.15) is 11.0 Å². The summed E-state index contributed by atoms with van der Waals surface area (Å²) in [7, 11) is 0. The molecule has 4 fully saturated rings. The van der Waals surface area contributed by atoms with Crippen LogP contribution in [-0.2, 0) is 11.0 Å². The van der Waals surface area contributed by atoms with Gasteiger partial charge in [0.05, 0.1) is 17.2 Å². The van der Waals surface area contributed by atoms with E-state index in [2.05, 4.69) is 9.97 Å². The number of carbonyl (C=O) groups is 1. The standard InChI is InChI=1S/C16H15F3N4O.C6H10/c17-16(18,19)9-1-2-11(13-12(9)21-5-6-22-13)23-7-10(14(20)24)15(8-23)3-4-15;1-2-5-4-6(5)3-1/h1-2,5-6,10H,3-4,7-8H2,(H2,20,24);5-6H,1-4H2. The molecule has 3 aliphatic carbocycles. The van der Waals surface area contributed by atoms with Crippen LogP contribution in [0.2, 0.25) is 0 Å². The van der Waals surface area contributed by atoms with Gasteiger partial charge in [-0.15, -0.1) is 0 Å². The first-order chi connectivity index (χ1) is 14.3. The lowest BCUT2D eigenvalue weighted by molar-refractivity contribution is -0.136. The lowest BCUT2D eigenvalue weighted by Gasteiger charge is -2.21. The normalized spacial score (nSPS) is 28.2. The van der Waals surface area contributed by atoms with E-state index in [4.69, 9.17) is 5.73 Å². The number of nitrogens with zero attached hydrogens (tertiary/aromatic N) is 3. The third kappa shape index (κ3) is 3.40. The second-order valence-corrected chi connectivity index (χ2v) is 9.27. The van der Waals surface area contributed by atoms with Gasteiger partial charge >= 0.3 is 6.18 Å². The van der Waals surface area contributed by atoms with E-state index in [0.29, 0.717) is 18.8 Å². The van der Waals surface area contributed by atoms with Crippen molar-refractivity contribution >= 4 is 22.6 Å². The van der Waals surface area contributed by atoms with Crippen molar-refractivity contribution in [3.8, 4) is 0 Å². The highest BCUT2D eigenvalue weighted by Gasteiger charge is 2.57. The lowest BCUT2D eigenvalue weighted by Crippen LogP contribution is -2.30. The first-order valence-electron chi connectivity index (χ1n) is 10.6. The number of anilines is 1. The quantitative estimate of drug-likeness (QED) is 0.795. The van der Waals surface area contributed by atoms with Crippen molar-refractivity contribution in [1.82, 2.24) is 9.97 Å². The van der Waals surface area contributed by atoms with Gasteiger partial charge in [0.25, 0.3) is 0 Å². The third-order valence-electron chi connectivity index (χ3n) is 7.35. The van der Waals surface area contributed by atoms with Gasteiger partial charge in [0, 0.05) is 30.9 Å². The molecular formula is C22H25F3N4O. The molecule has 8 heteroatoms. The molecule has 2 aromatic rings. The maximum absolute atomic E-state index is 13.2. The van der Waals surface area contributed by atoms with E-state index in [0.717, 1.165) is 18.9 Å². The molecule has 2 N–H and O–H groups in total. The van der Waals surface area contributed by atoms with Crippen molar-refractivity contribution < 1.29 is 18.0 Å². The number of halogens is 3. The Kier molecular flexibility index (Phi) is 4.45. The van der Waals surface area contributed by atoms with Crippen LogP contribution in [0.15, 0.2) is 24.5 Å². The van der Waals surface area contributed by atoms with Crippen LogP contribution in [0.4, 0.5) is 18.9 Å². The Morgan fingerprint density at radius 2 is 1.77 bits per heavy atom. The predicted molar refractivity (Wildman–Crippen MR) is 107 cm³/mol. The number of benzene rings is 1. The number of hydrogen-bond donors (Lipinski definition) is 1. The predicted octanol–water partition coefficient (Wildman–Crippen LogP) is 4.16. The largest absolute Gasteiger partial charge is 0.418 e. The first-order valence-corrected chi connectivity index (χ1v) is 10.6. The average Bonchev–Trinajstić information content (AvgIpc) is 3.55. The summed E-state index contributed by atoms with van der Waals surface area (Å²) in [6.45, 7) is 1.02. The second kappa shape index (κ2) is 6.82. The summed E-state index contributed by atoms with van der Waals surface area (Å²) < 4.78 is 39.6. The Morgan fingerprint density at radius 3 is 2.23 bits per heavy atom. The Balaban J connectivity index is 0.000000272. The van der Waals surface area contributed by atoms with E-state index in [-0.39, 0.29) is 28.3 Å². The van der Waals surface area contributed by atoms with E-state index in [9.17, 15) is 18.0 Å². The number of hydrogen-bond acceptors (Lipinski definition) is 4. The summed E-state index contributed by atoms with van der Waals surface area (Å²) in [5, 5.41) is 0. The molecule has 160 valence electrons. The second-order valence-electron chi connectivity index (χ2n) is 9.27. The number of carbonyl (C=O) groups excluding carboxylic acids is 1. The van der Waals surface area contributed by atoms with Crippen molar-refractivity contribution in [1.29, 1.82) is 0 Å². The van der Waals surface area contributed by atoms with Gasteiger partial charge in [-0.25, -0.2) is 0 Å². The van der Waals surface area contributed by atoms with Gasteiger partial charge in [0.15, 0.2) is 0 Å². The number of amides is 1. The average molecular weight is 418 g/mol. The number of alkyl halides is 3. The molecule has 0 bridgehead atoms. The molecule has 1 aromatic carbocycles. The molecule has 5 nitrogen and oxygen atoms in total. The van der Waals surface area contributed by atoms with Crippen LogP contribution in [0.25, 0.3) is 11.0 Å². The van der Waals surface area contributed by atoms with Gasteiger partial charge in [-0.3, -0.25) is 14.8 Å². The minimum atomic E-state index is -4.49. The van der Waals surface area contributed by atoms with Crippen LogP contribution >= 0.6 is 0 Å². The molecule has 1 aromatic heterocycles. The van der Waals surface area contributed by atoms with Crippen molar-refractivity contribution in [3.05, 3.63) is 30.1 Å². The smallest absolute Gasteiger partial charge is 0.369 e. The molecule has 3 saturated carbocycles. The van der Waals surface area contributed by atoms with Crippen molar-refractivity contribution in [2.75, 3.05) is 18.0 Å². The zero-order valence-corrected chi connectivity index (χ0v) is 16.7. The Hall–Kier alpha value is -2.38. The highest BCUT2D eigenvalue weighted by Crippen LogP contribution is 2.57. The summed E-state index contributed by atoms with van der Waals surface area (Å²) in [6.07, 6.45) is 6.21. The summed E-state index contributed by atoms with van der Waals surface area (Å²) in [5.41, 5.74) is 5.18. The maximum atomic E-state index is 13.2. The molecule has 3 atom stereocenters. The maximum Gasteiger partial charge on any atom is 0.418 e. The Morgan fingerprint density at radius 1 is 1.10 bits per heavy atom. The van der Waals surface area contributed by atoms with E-state index in [1.165, 1.54) is 36.7 Å². The minimum Gasteiger partial charge on any atom is -0.369 e. The van der Waals surface area contributed by atoms with Crippen LogP contribution in [0, 0.1) is 23.2 Å². The number of nitrogens with two attached hydrogens (primary N) is 1. The highest BCUT2D eigenvalue weighted by atomic mass is 19.4. The lowest BCUT2D eigenvalue weighted by atomic mass is 9.92. The van der Waals surface area contributed by atoms with Crippen LogP contribution in [0.5, 0.6) is 0 Å². The molecule has 2 heterocycles. The molecule has 30 heavy (non-hydrogen) atoms. The van der Waals surface area contributed by atoms with Crippen molar-refractivity contribution in [2.45, 2.75) is 44.7 Å². The monoisotopic (exact) mass is 418 g/mol. The molecule has 1 aliphatic heterocycles. The molecule has 1 spiro atoms. The summed E-state index contributed by atoms with van der Waals surface area (Å²) >= 11 is 0. The topological polar surface area (TPSA) is 72.1 Å². The van der Waals surface area contributed by atoms with Crippen LogP contribution in [0.3, 0.4) is 0 Å². The molecule has 3 unspecified atom stereocenters. The number of rotatable bonds is 2. The van der Waals surface area contributed by atoms with Crippen LogP contribution < -0.4 is 10.6 Å². The third-order valence-corrected chi connectivity index (χ3v) is 7.35. The number of primary amides is 1. The zero-order valence-electron chi connectivity index (χ0n) is 16.7. The molecule has 1 saturated heterocycles. The summed E-state index contributed by atoms with van der Waals surface area (Å²) in [6, 6.07) is 2.45. The Bertz CT molecular complexity index is 980. The van der Waals surface area contributed by atoms with Crippen molar-refractivity contribution in [2.24, 2.45) is 28.9 Å². The number of aromatic nitrogens is 2. The first kappa shape index (κ1) is 19.6. The van der Waals surface area contributed by atoms with Gasteiger partial charge in [0.2, 0.25) is 5.91 Å². The van der Waals surface area contributed by atoms with E-state index < -0.39 is 11.7 Å². The molecule has 6 rings (SSSR count). The van der Waals surface area contributed by atoms with Gasteiger partial charge in [-0.05, 0) is 43.2 Å². The van der Waals surface area contributed by atoms with E-state index in [1.54, 1.807) is 19.3 Å². The van der Waals surface area contributed by atoms with Gasteiger partial charge < -0.3 is 10.6 Å². The van der Waals surface area contributed by atoms with Gasteiger partial charge in [-0.1, -0.05) is 19.3 Å². The molecular weight excluding hydrogens is 393 g/mol. The van der Waals surface area contributed by atoms with Crippen LogP contribution in [-0.4, -0.2) is 29.0 Å². The SMILES string of the molecule is C1CC2CC2C1.NC(=O)C1CN(c2ccc(C(F)(F)F)c3nccnc23)CC12CC2. The molecule has 1 amide bonds. The fourth-order valence-corrected chi connectivity index (χ4v) is 5.40. The summed E-state index contributed by atoms with van der Waals surface area (Å²) in [5.74, 6) is 1.80. The molecule has 0 radical (unpaired) electrons. The number of fused-ring (bicyclic) bond motifs is 2. The highest BCUT2D eigenvalue weighted by molar-refractivity contribution is 5.91. The van der Waals surface area contributed by atoms with E-state index >= 15 is 0 Å². The fourth-order valence-electron chi connectivity index (χ4n) is 5.40. The van der Waals surface area contributed by atoms with Crippen molar-refractivity contribution in [3.63, 3.8) is 0 Å².